The van der Waals surface area contributed by atoms with Crippen LogP contribution in [0.15, 0.2) is 29.1 Å². The molecule has 4 aliphatic heterocycles. The van der Waals surface area contributed by atoms with Crippen LogP contribution in [0, 0.1) is 0 Å². The summed E-state index contributed by atoms with van der Waals surface area (Å²) in [5, 5.41) is 3.45. The predicted molar refractivity (Wildman–Crippen MR) is 216 cm³/mol. The third-order valence-electron chi connectivity index (χ3n) is 11.8. The largest absolute Gasteiger partial charge is 0.457 e. The number of piperidine rings is 2. The maximum Gasteiger partial charge on any atom is 0.417 e. The van der Waals surface area contributed by atoms with Crippen LogP contribution in [0.2, 0.25) is 0 Å². The normalized spacial score (nSPS) is 19.4. The zero-order valence-corrected chi connectivity index (χ0v) is 34.8. The maximum absolute atomic E-state index is 14.3. The fourth-order valence-corrected chi connectivity index (χ4v) is 8.80. The first-order valence-electron chi connectivity index (χ1n) is 20.7. The van der Waals surface area contributed by atoms with Crippen molar-refractivity contribution >= 4 is 40.9 Å². The number of benzene rings is 1. The number of hydrogen-bond acceptors (Lipinski definition) is 13. The molecule has 1 unspecified atom stereocenters. The van der Waals surface area contributed by atoms with Gasteiger partial charge in [-0.3, -0.25) is 14.4 Å². The molecule has 2 aromatic heterocycles. The third kappa shape index (κ3) is 8.16. The van der Waals surface area contributed by atoms with E-state index in [4.69, 9.17) is 23.9 Å². The number of fused-ring (bicyclic) bond motifs is 5. The van der Waals surface area contributed by atoms with Crippen molar-refractivity contribution in [3.63, 3.8) is 0 Å². The van der Waals surface area contributed by atoms with Crippen LogP contribution in [0.25, 0.3) is 22.3 Å². The molecule has 1 aromatic carbocycles. The Morgan fingerprint density at radius 2 is 1.73 bits per heavy atom. The first-order chi connectivity index (χ1) is 28.2. The minimum Gasteiger partial charge on any atom is -0.457 e. The fourth-order valence-electron chi connectivity index (χ4n) is 8.80. The summed E-state index contributed by atoms with van der Waals surface area (Å²) in [4.78, 5) is 90.8. The van der Waals surface area contributed by atoms with Crippen molar-refractivity contribution in [1.82, 2.24) is 29.6 Å². The molecule has 0 saturated carbocycles. The smallest absolute Gasteiger partial charge is 0.417 e. The molecular weight excluding hydrogens is 761 g/mol. The summed E-state index contributed by atoms with van der Waals surface area (Å²) in [6.07, 6.45) is 4.67. The molecule has 16 heteroatoms. The number of amides is 3. The Bertz CT molecular complexity index is 2230. The topological polar surface area (TPSA) is 179 Å². The zero-order valence-electron chi connectivity index (χ0n) is 34.8. The zero-order chi connectivity index (χ0) is 42.2. The third-order valence-corrected chi connectivity index (χ3v) is 11.8. The number of hydrogen-bond donors (Lipinski definition) is 1. The van der Waals surface area contributed by atoms with Gasteiger partial charge in [0, 0.05) is 35.6 Å². The van der Waals surface area contributed by atoms with Crippen molar-refractivity contribution in [2.45, 2.75) is 110 Å². The van der Waals surface area contributed by atoms with Gasteiger partial charge in [-0.1, -0.05) is 20.3 Å². The number of cyclic esters (lactones) is 1. The minimum atomic E-state index is -2.06. The van der Waals surface area contributed by atoms with Crippen molar-refractivity contribution in [3.8, 4) is 17.1 Å². The number of esters is 2. The molecule has 7 rings (SSSR count). The highest BCUT2D eigenvalue weighted by molar-refractivity contribution is 5.97. The van der Waals surface area contributed by atoms with E-state index in [0.717, 1.165) is 42.4 Å². The molecule has 0 radical (unpaired) electrons. The van der Waals surface area contributed by atoms with E-state index in [9.17, 15) is 28.8 Å². The van der Waals surface area contributed by atoms with E-state index < -0.39 is 47.2 Å². The van der Waals surface area contributed by atoms with E-state index in [-0.39, 0.29) is 43.3 Å². The molecule has 3 amide bonds. The number of aromatic nitrogens is 2. The highest BCUT2D eigenvalue weighted by Gasteiger charge is 2.51. The second-order valence-corrected chi connectivity index (χ2v) is 16.7. The average Bonchev–Trinajstić information content (AvgIpc) is 3.58. The number of rotatable bonds is 9. The molecule has 316 valence electrons. The van der Waals surface area contributed by atoms with Gasteiger partial charge in [0.25, 0.3) is 5.56 Å². The van der Waals surface area contributed by atoms with Gasteiger partial charge in [-0.05, 0) is 109 Å². The summed E-state index contributed by atoms with van der Waals surface area (Å²) in [5.74, 6) is -2.31. The molecule has 16 nitrogen and oxygen atoms in total. The van der Waals surface area contributed by atoms with Gasteiger partial charge in [0.2, 0.25) is 11.5 Å². The second kappa shape index (κ2) is 16.7. The number of nitrogens with zero attached hydrogens (tertiary/aromatic N) is 5. The van der Waals surface area contributed by atoms with Crippen molar-refractivity contribution in [2.75, 3.05) is 46.3 Å². The standard InChI is InChI=1S/C43H54N6O10/c1-7-28-29-20-27(57-40(54)47-18-14-26(15-19-47)46-16-10-9-11-17-46)12-13-33(29)45-37-30(28)23-48-34(37)21-32-31(38(48)52)25-56-39(53)43(32,8-2)58-36(51)24-49(35(50)22-44-6)41(55)59-42(3,4)5/h12-13,20-21,26,44H,7-11,14-19,22-25H2,1-6H3. The Kier molecular flexibility index (Phi) is 11.8. The Labute approximate surface area is 343 Å². The number of aryl methyl sites for hydroxylation is 1. The summed E-state index contributed by atoms with van der Waals surface area (Å²) in [6.45, 7) is 10.8. The van der Waals surface area contributed by atoms with Crippen LogP contribution in [-0.2, 0) is 53.8 Å². The molecule has 0 aliphatic carbocycles. The highest BCUT2D eigenvalue weighted by atomic mass is 16.6. The van der Waals surface area contributed by atoms with Crippen molar-refractivity contribution in [1.29, 1.82) is 0 Å². The van der Waals surface area contributed by atoms with E-state index >= 15 is 0 Å². The number of likely N-dealkylation sites (tertiary alicyclic amines) is 2. The number of pyridine rings is 2. The molecule has 6 heterocycles. The van der Waals surface area contributed by atoms with Crippen LogP contribution < -0.4 is 15.6 Å². The first kappa shape index (κ1) is 41.8. The lowest BCUT2D eigenvalue weighted by molar-refractivity contribution is -0.190. The molecule has 0 bridgehead atoms. The molecule has 1 N–H and O–H groups in total. The summed E-state index contributed by atoms with van der Waals surface area (Å²) in [7, 11) is 1.51. The van der Waals surface area contributed by atoms with E-state index in [0.29, 0.717) is 53.1 Å². The van der Waals surface area contributed by atoms with Gasteiger partial charge in [-0.2, -0.15) is 0 Å². The second-order valence-electron chi connectivity index (χ2n) is 16.7. The summed E-state index contributed by atoms with van der Waals surface area (Å²) in [5.41, 5.74) is 0.190. The SMILES string of the molecule is CCc1c2c(nc3ccc(OC(=O)N4CCC(N5CCCCC5)CC4)cc13)-c1cc3c(c(=O)n1C2)COC(=O)C3(CC)OC(=O)CN(C(=O)CNC)C(=O)OC(C)(C)C. The number of carbonyl (C=O) groups excluding carboxylic acids is 5. The van der Waals surface area contributed by atoms with Crippen LogP contribution in [0.4, 0.5) is 9.59 Å². The van der Waals surface area contributed by atoms with Crippen molar-refractivity contribution in [2.24, 2.45) is 0 Å². The minimum absolute atomic E-state index is 0.111. The first-order valence-corrected chi connectivity index (χ1v) is 20.7. The van der Waals surface area contributed by atoms with Crippen molar-refractivity contribution in [3.05, 3.63) is 56.9 Å². The Morgan fingerprint density at radius 1 is 1.00 bits per heavy atom. The molecule has 0 spiro atoms. The van der Waals surface area contributed by atoms with E-state index in [2.05, 4.69) is 10.2 Å². The number of imide groups is 1. The number of likely N-dealkylation sites (N-methyl/N-ethyl adjacent to an activating group) is 1. The van der Waals surface area contributed by atoms with E-state index in [1.165, 1.54) is 26.3 Å². The highest BCUT2D eigenvalue weighted by Crippen LogP contribution is 2.42. The lowest BCUT2D eigenvalue weighted by Gasteiger charge is -2.39. The summed E-state index contributed by atoms with van der Waals surface area (Å²) >= 11 is 0. The van der Waals surface area contributed by atoms with Crippen LogP contribution in [0.5, 0.6) is 5.75 Å². The van der Waals surface area contributed by atoms with Gasteiger partial charge in [0.15, 0.2) is 0 Å². The van der Waals surface area contributed by atoms with Crippen molar-refractivity contribution < 1.29 is 42.9 Å². The van der Waals surface area contributed by atoms with Crippen LogP contribution in [-0.4, -0.2) is 112 Å². The molecule has 3 aromatic rings. The molecule has 4 aliphatic rings. The Hall–Kier alpha value is -5.35. The lowest BCUT2D eigenvalue weighted by atomic mass is 9.85. The van der Waals surface area contributed by atoms with Gasteiger partial charge in [-0.15, -0.1) is 0 Å². The molecule has 2 saturated heterocycles. The van der Waals surface area contributed by atoms with Gasteiger partial charge < -0.3 is 38.6 Å². The number of carbonyl (C=O) groups is 5. The van der Waals surface area contributed by atoms with E-state index in [1.54, 1.807) is 55.4 Å². The number of nitrogens with one attached hydrogen (secondary N) is 1. The van der Waals surface area contributed by atoms with Crippen LogP contribution in [0.1, 0.15) is 95.4 Å². The van der Waals surface area contributed by atoms with Crippen LogP contribution >= 0.6 is 0 Å². The molecule has 59 heavy (non-hydrogen) atoms. The summed E-state index contributed by atoms with van der Waals surface area (Å²) in [6, 6.07) is 7.49. The Morgan fingerprint density at radius 3 is 2.39 bits per heavy atom. The monoisotopic (exact) mass is 814 g/mol. The van der Waals surface area contributed by atoms with Gasteiger partial charge in [0.1, 0.15) is 24.5 Å². The molecule has 2 fully saturated rings. The van der Waals surface area contributed by atoms with Gasteiger partial charge in [-0.25, -0.2) is 24.3 Å². The fraction of sp³-hybridized carbons (Fsp3) is 0.558. The summed E-state index contributed by atoms with van der Waals surface area (Å²) < 4.78 is 24.2. The lowest BCUT2D eigenvalue weighted by Crippen LogP contribution is -2.51. The van der Waals surface area contributed by atoms with Gasteiger partial charge >= 0.3 is 24.1 Å². The Balaban J connectivity index is 1.16. The maximum atomic E-state index is 14.3. The molecular formula is C43H54N6O10. The van der Waals surface area contributed by atoms with Gasteiger partial charge in [0.05, 0.1) is 35.6 Å². The quantitative estimate of drug-likeness (QED) is 0.183. The average molecular weight is 815 g/mol. The molecule has 1 atom stereocenters. The predicted octanol–water partition coefficient (Wildman–Crippen LogP) is 4.63. The van der Waals surface area contributed by atoms with E-state index in [1.807, 2.05) is 13.0 Å². The van der Waals surface area contributed by atoms with Crippen LogP contribution in [0.3, 0.4) is 0 Å². The number of ether oxygens (including phenoxy) is 4.